The Bertz CT molecular complexity index is 1050. The van der Waals surface area contributed by atoms with Gasteiger partial charge in [0.25, 0.3) is 5.91 Å². The maximum Gasteiger partial charge on any atom is 0.325 e. The van der Waals surface area contributed by atoms with E-state index in [1.54, 1.807) is 61.5 Å². The Morgan fingerprint density at radius 3 is 2.44 bits per heavy atom. The molecule has 0 radical (unpaired) electrons. The second kappa shape index (κ2) is 9.29. The molecule has 0 aliphatic carbocycles. The number of carboxylic acids is 1. The van der Waals surface area contributed by atoms with E-state index in [9.17, 15) is 24.3 Å². The minimum atomic E-state index is -1.35. The first-order chi connectivity index (χ1) is 15.2. The number of imide groups is 1. The molecule has 5 N–H and O–H groups in total. The Hall–Kier alpha value is -4.21. The number of hydrogen-bond donors (Lipinski definition) is 4. The second-order valence-corrected chi connectivity index (χ2v) is 7.48. The van der Waals surface area contributed by atoms with Crippen molar-refractivity contribution in [1.29, 1.82) is 0 Å². The number of carbonyl (C=O) groups excluding carboxylic acids is 3. The fourth-order valence-electron chi connectivity index (χ4n) is 3.52. The van der Waals surface area contributed by atoms with Crippen LogP contribution < -0.4 is 16.5 Å². The monoisotopic (exact) mass is 437 g/mol. The van der Waals surface area contributed by atoms with Gasteiger partial charge in [-0.25, -0.2) is 4.79 Å². The Morgan fingerprint density at radius 1 is 1.19 bits per heavy atom. The third-order valence-corrected chi connectivity index (χ3v) is 5.20. The normalized spacial score (nSPS) is 19.1. The highest BCUT2D eigenvalue weighted by atomic mass is 16.4. The minimum Gasteiger partial charge on any atom is -0.481 e. The summed E-state index contributed by atoms with van der Waals surface area (Å²) < 4.78 is 0. The molecule has 0 unspecified atom stereocenters. The molecule has 0 aromatic heterocycles. The molecule has 1 heterocycles. The molecule has 2 aromatic rings. The Labute approximate surface area is 184 Å². The summed E-state index contributed by atoms with van der Waals surface area (Å²) in [5, 5.41) is 17.8. The lowest BCUT2D eigenvalue weighted by Gasteiger charge is -2.23. The molecule has 1 saturated heterocycles. The highest BCUT2D eigenvalue weighted by Crippen LogP contribution is 2.29. The van der Waals surface area contributed by atoms with E-state index in [1.165, 1.54) is 6.21 Å². The predicted molar refractivity (Wildman–Crippen MR) is 115 cm³/mol. The van der Waals surface area contributed by atoms with E-state index < -0.39 is 41.9 Å². The number of amides is 4. The second-order valence-electron chi connectivity index (χ2n) is 7.48. The molecule has 0 bridgehead atoms. The average molecular weight is 437 g/mol. The van der Waals surface area contributed by atoms with Gasteiger partial charge in [-0.1, -0.05) is 54.6 Å². The van der Waals surface area contributed by atoms with Gasteiger partial charge in [0.1, 0.15) is 12.1 Å². The van der Waals surface area contributed by atoms with E-state index in [1.807, 2.05) is 0 Å². The van der Waals surface area contributed by atoms with Crippen molar-refractivity contribution in [1.82, 2.24) is 15.5 Å². The number of nitrogens with two attached hydrogens (primary N) is 1. The maximum atomic E-state index is 13.0. The fourth-order valence-corrected chi connectivity index (χ4v) is 3.52. The van der Waals surface area contributed by atoms with Crippen molar-refractivity contribution in [2.24, 2.45) is 10.9 Å². The Balaban J connectivity index is 1.74. The van der Waals surface area contributed by atoms with Crippen molar-refractivity contribution < 1.29 is 24.3 Å². The summed E-state index contributed by atoms with van der Waals surface area (Å²) in [7, 11) is 0. The van der Waals surface area contributed by atoms with Crippen LogP contribution in [0.1, 0.15) is 36.1 Å². The molecule has 4 amide bonds. The maximum absolute atomic E-state index is 13.0. The van der Waals surface area contributed by atoms with Gasteiger partial charge in [0.2, 0.25) is 5.91 Å². The topological polar surface area (TPSA) is 154 Å². The van der Waals surface area contributed by atoms with Gasteiger partial charge >= 0.3 is 12.0 Å². The molecule has 32 heavy (non-hydrogen) atoms. The number of benzene rings is 2. The van der Waals surface area contributed by atoms with Crippen LogP contribution in [0.25, 0.3) is 0 Å². The van der Waals surface area contributed by atoms with Gasteiger partial charge in [0.15, 0.2) is 0 Å². The number of carbonyl (C=O) groups is 4. The number of hydrazone groups is 1. The first-order valence-electron chi connectivity index (χ1n) is 9.78. The highest BCUT2D eigenvalue weighted by molar-refractivity contribution is 6.09. The van der Waals surface area contributed by atoms with Crippen molar-refractivity contribution in [3.8, 4) is 0 Å². The minimum absolute atomic E-state index is 0.341. The molecule has 166 valence electrons. The van der Waals surface area contributed by atoms with Crippen LogP contribution in [0.5, 0.6) is 0 Å². The van der Waals surface area contributed by atoms with Crippen molar-refractivity contribution in [3.05, 3.63) is 71.3 Å². The molecule has 1 aliphatic rings. The van der Waals surface area contributed by atoms with Gasteiger partial charge in [0, 0.05) is 0 Å². The van der Waals surface area contributed by atoms with Crippen molar-refractivity contribution in [2.75, 3.05) is 6.54 Å². The van der Waals surface area contributed by atoms with Crippen LogP contribution in [0.15, 0.2) is 59.7 Å². The molecule has 0 spiro atoms. The molecule has 0 saturated carbocycles. The lowest BCUT2D eigenvalue weighted by Crippen LogP contribution is -2.44. The van der Waals surface area contributed by atoms with Crippen molar-refractivity contribution in [2.45, 2.75) is 24.9 Å². The fraction of sp³-hybridized carbons (Fsp3) is 0.227. The number of hydrogen-bond acceptors (Lipinski definition) is 6. The van der Waals surface area contributed by atoms with Gasteiger partial charge < -0.3 is 21.6 Å². The molecule has 1 fully saturated rings. The van der Waals surface area contributed by atoms with E-state index in [0.717, 1.165) is 10.5 Å². The zero-order valence-electron chi connectivity index (χ0n) is 17.3. The number of rotatable bonds is 8. The Kier molecular flexibility index (Phi) is 6.53. The summed E-state index contributed by atoms with van der Waals surface area (Å²) in [6.07, 6.45) is 1.10. The summed E-state index contributed by atoms with van der Waals surface area (Å²) in [4.78, 5) is 50.2. The van der Waals surface area contributed by atoms with E-state index in [0.29, 0.717) is 11.1 Å². The summed E-state index contributed by atoms with van der Waals surface area (Å²) in [5.41, 5.74) is 0.501. The molecule has 10 nitrogen and oxygen atoms in total. The van der Waals surface area contributed by atoms with Gasteiger partial charge in [-0.3, -0.25) is 19.3 Å². The number of nitrogens with zero attached hydrogens (tertiary/aromatic N) is 2. The van der Waals surface area contributed by atoms with E-state index >= 15 is 0 Å². The van der Waals surface area contributed by atoms with E-state index in [4.69, 9.17) is 5.84 Å². The van der Waals surface area contributed by atoms with Crippen LogP contribution in [-0.2, 0) is 19.9 Å². The van der Waals surface area contributed by atoms with Crippen LogP contribution in [0, 0.1) is 0 Å². The third-order valence-electron chi connectivity index (χ3n) is 5.20. The van der Waals surface area contributed by atoms with E-state index in [-0.39, 0.29) is 6.42 Å². The van der Waals surface area contributed by atoms with Crippen LogP contribution in [0.3, 0.4) is 0 Å². The molecule has 10 heteroatoms. The quantitative estimate of drug-likeness (QED) is 0.210. The number of carboxylic acid groups (broad SMARTS) is 1. The van der Waals surface area contributed by atoms with Gasteiger partial charge in [0.05, 0.1) is 18.7 Å². The lowest BCUT2D eigenvalue weighted by molar-refractivity contribution is -0.138. The van der Waals surface area contributed by atoms with Crippen molar-refractivity contribution >= 4 is 30.0 Å². The predicted octanol–water partition coefficient (Wildman–Crippen LogP) is 1.08. The zero-order valence-corrected chi connectivity index (χ0v) is 17.3. The van der Waals surface area contributed by atoms with Crippen LogP contribution in [0.2, 0.25) is 0 Å². The zero-order chi connectivity index (χ0) is 23.3. The third kappa shape index (κ3) is 4.75. The number of nitrogens with one attached hydrogen (secondary N) is 2. The number of aliphatic carboxylic acids is 1. The summed E-state index contributed by atoms with van der Waals surface area (Å²) in [6, 6.07) is 13.8. The first-order valence-corrected chi connectivity index (χ1v) is 9.78. The number of urea groups is 1. The van der Waals surface area contributed by atoms with Gasteiger partial charge in [-0.2, -0.15) is 5.10 Å². The molecule has 1 aliphatic heterocycles. The Morgan fingerprint density at radius 2 is 1.84 bits per heavy atom. The van der Waals surface area contributed by atoms with Crippen LogP contribution in [0.4, 0.5) is 4.79 Å². The van der Waals surface area contributed by atoms with Crippen LogP contribution in [-0.4, -0.2) is 46.6 Å². The van der Waals surface area contributed by atoms with Crippen LogP contribution >= 0.6 is 0 Å². The molecule has 3 rings (SSSR count). The van der Waals surface area contributed by atoms with Gasteiger partial charge in [-0.15, -0.1) is 0 Å². The SMILES string of the molecule is C[C@@]1(c2ccc(C=NN)cc2)NC(=O)N(CC(=O)N[C@H](CC(=O)O)c2ccccc2)C1=O. The van der Waals surface area contributed by atoms with Gasteiger partial charge in [-0.05, 0) is 23.6 Å². The largest absolute Gasteiger partial charge is 0.481 e. The molecular weight excluding hydrogens is 414 g/mol. The van der Waals surface area contributed by atoms with Crippen molar-refractivity contribution in [3.63, 3.8) is 0 Å². The van der Waals surface area contributed by atoms with E-state index in [2.05, 4.69) is 15.7 Å². The summed E-state index contributed by atoms with van der Waals surface area (Å²) in [6.45, 7) is 1.01. The standard InChI is InChI=1S/C22H23N5O5/c1-22(16-9-7-14(8-10-16)12-24-23)20(31)27(21(32)26-22)13-18(28)25-17(11-19(29)30)15-5-3-2-4-6-15/h2-10,12,17H,11,13,23H2,1H3,(H,25,28)(H,26,32)(H,29,30)/t17-,22+/m1/s1. The summed E-state index contributed by atoms with van der Waals surface area (Å²) >= 11 is 0. The first kappa shape index (κ1) is 22.5. The smallest absolute Gasteiger partial charge is 0.325 e. The molecule has 2 atom stereocenters. The summed E-state index contributed by atoms with van der Waals surface area (Å²) in [5.74, 6) is 2.80. The average Bonchev–Trinajstić information content (AvgIpc) is 2.98. The lowest BCUT2D eigenvalue weighted by atomic mass is 9.91. The molecule has 2 aromatic carbocycles. The highest BCUT2D eigenvalue weighted by Gasteiger charge is 2.49. The molecular formula is C22H23N5O5.